The Balaban J connectivity index is 1.55. The van der Waals surface area contributed by atoms with Crippen LogP contribution in [0, 0.1) is 5.82 Å². The third-order valence-electron chi connectivity index (χ3n) is 5.36. The molecule has 0 aromatic heterocycles. The molecule has 0 saturated carbocycles. The second kappa shape index (κ2) is 9.60. The van der Waals surface area contributed by atoms with Crippen LogP contribution in [-0.2, 0) is 17.9 Å². The molecule has 0 saturated heterocycles. The number of halogens is 1. The minimum Gasteiger partial charge on any atom is -0.497 e. The lowest BCUT2D eigenvalue weighted by molar-refractivity contribution is -0.133. The van der Waals surface area contributed by atoms with E-state index >= 15 is 0 Å². The molecule has 0 radical (unpaired) electrons. The maximum absolute atomic E-state index is 13.9. The van der Waals surface area contributed by atoms with Gasteiger partial charge in [0.15, 0.2) is 6.61 Å². The monoisotopic (exact) mass is 450 g/mol. The minimum atomic E-state index is -0.599. The summed E-state index contributed by atoms with van der Waals surface area (Å²) in [6, 6.07) is 16.3. The molecule has 1 aliphatic heterocycles. The van der Waals surface area contributed by atoms with Gasteiger partial charge in [-0.05, 0) is 42.5 Å². The summed E-state index contributed by atoms with van der Waals surface area (Å²) >= 11 is 0. The highest BCUT2D eigenvalue weighted by Gasteiger charge is 2.23. The zero-order valence-electron chi connectivity index (χ0n) is 18.3. The SMILES string of the molecule is COc1ccc(CN2Cc3cc(NC(=O)c4ccccc4F)ccc3OCC2=O)c(OC)c1. The Morgan fingerprint density at radius 1 is 1.09 bits per heavy atom. The van der Waals surface area contributed by atoms with E-state index in [9.17, 15) is 14.0 Å². The number of hydrogen-bond donors (Lipinski definition) is 1. The summed E-state index contributed by atoms with van der Waals surface area (Å²) in [6.07, 6.45) is 0. The number of hydrogen-bond acceptors (Lipinski definition) is 5. The summed E-state index contributed by atoms with van der Waals surface area (Å²) < 4.78 is 30.3. The summed E-state index contributed by atoms with van der Waals surface area (Å²) in [4.78, 5) is 26.9. The van der Waals surface area contributed by atoms with Crippen molar-refractivity contribution in [1.82, 2.24) is 4.90 Å². The topological polar surface area (TPSA) is 77.1 Å². The molecule has 3 aromatic rings. The Kier molecular flexibility index (Phi) is 6.44. The number of nitrogens with one attached hydrogen (secondary N) is 1. The molecule has 0 aliphatic carbocycles. The Labute approximate surface area is 190 Å². The number of carbonyl (C=O) groups excluding carboxylic acids is 2. The van der Waals surface area contributed by atoms with Gasteiger partial charge in [0.1, 0.15) is 23.1 Å². The van der Waals surface area contributed by atoms with E-state index < -0.39 is 11.7 Å². The zero-order chi connectivity index (χ0) is 23.4. The lowest BCUT2D eigenvalue weighted by Gasteiger charge is -2.22. The fourth-order valence-corrected chi connectivity index (χ4v) is 3.62. The predicted molar refractivity (Wildman–Crippen MR) is 120 cm³/mol. The van der Waals surface area contributed by atoms with Gasteiger partial charge in [0.25, 0.3) is 11.8 Å². The maximum Gasteiger partial charge on any atom is 0.261 e. The standard InChI is InChI=1S/C25H23FN2O5/c1-31-19-9-7-16(23(12-19)32-2)13-28-14-17-11-18(8-10-22(17)33-15-24(28)29)27-25(30)20-5-3-4-6-21(20)26/h3-12H,13-15H2,1-2H3,(H,27,30). The zero-order valence-corrected chi connectivity index (χ0v) is 18.3. The summed E-state index contributed by atoms with van der Waals surface area (Å²) in [5.74, 6) is 0.481. The van der Waals surface area contributed by atoms with E-state index in [1.807, 2.05) is 6.07 Å². The summed E-state index contributed by atoms with van der Waals surface area (Å²) in [6.45, 7) is 0.472. The molecular weight excluding hydrogens is 427 g/mol. The Morgan fingerprint density at radius 3 is 2.67 bits per heavy atom. The lowest BCUT2D eigenvalue weighted by Crippen LogP contribution is -2.32. The van der Waals surface area contributed by atoms with Crippen LogP contribution < -0.4 is 19.5 Å². The fraction of sp³-hybridized carbons (Fsp3) is 0.200. The van der Waals surface area contributed by atoms with Gasteiger partial charge in [0.2, 0.25) is 0 Å². The lowest BCUT2D eigenvalue weighted by atomic mass is 10.1. The Bertz CT molecular complexity index is 1200. The van der Waals surface area contributed by atoms with Crippen molar-refractivity contribution in [1.29, 1.82) is 0 Å². The highest BCUT2D eigenvalue weighted by atomic mass is 19.1. The summed E-state index contributed by atoms with van der Waals surface area (Å²) in [5, 5.41) is 2.70. The second-order valence-electron chi connectivity index (χ2n) is 7.47. The van der Waals surface area contributed by atoms with Crippen molar-refractivity contribution in [3.63, 3.8) is 0 Å². The maximum atomic E-state index is 13.9. The van der Waals surface area contributed by atoms with Crippen LogP contribution in [0.3, 0.4) is 0 Å². The van der Waals surface area contributed by atoms with Crippen molar-refractivity contribution >= 4 is 17.5 Å². The first kappa shape index (κ1) is 22.1. The van der Waals surface area contributed by atoms with E-state index in [4.69, 9.17) is 14.2 Å². The van der Waals surface area contributed by atoms with Crippen LogP contribution in [0.4, 0.5) is 10.1 Å². The van der Waals surface area contributed by atoms with Gasteiger partial charge in [-0.15, -0.1) is 0 Å². The van der Waals surface area contributed by atoms with Gasteiger partial charge in [0, 0.05) is 36.0 Å². The molecule has 33 heavy (non-hydrogen) atoms. The normalized spacial score (nSPS) is 12.9. The van der Waals surface area contributed by atoms with Crippen LogP contribution in [0.2, 0.25) is 0 Å². The number of amides is 2. The first-order chi connectivity index (χ1) is 16.0. The van der Waals surface area contributed by atoms with Crippen LogP contribution >= 0.6 is 0 Å². The van der Waals surface area contributed by atoms with Crippen molar-refractivity contribution in [2.75, 3.05) is 26.1 Å². The van der Waals surface area contributed by atoms with Crippen LogP contribution in [0.5, 0.6) is 17.2 Å². The molecule has 1 heterocycles. The molecule has 2 amide bonds. The fourth-order valence-electron chi connectivity index (χ4n) is 3.62. The van der Waals surface area contributed by atoms with Gasteiger partial charge in [-0.25, -0.2) is 4.39 Å². The molecule has 0 fully saturated rings. The molecule has 0 atom stereocenters. The number of carbonyl (C=O) groups is 2. The smallest absolute Gasteiger partial charge is 0.261 e. The van der Waals surface area contributed by atoms with Gasteiger partial charge in [-0.3, -0.25) is 9.59 Å². The molecule has 3 aromatic carbocycles. The largest absolute Gasteiger partial charge is 0.497 e. The number of rotatable bonds is 6. The first-order valence-corrected chi connectivity index (χ1v) is 10.3. The Morgan fingerprint density at radius 2 is 1.91 bits per heavy atom. The van der Waals surface area contributed by atoms with E-state index in [-0.39, 0.29) is 24.6 Å². The number of benzene rings is 3. The molecule has 8 heteroatoms. The molecule has 1 aliphatic rings. The van der Waals surface area contributed by atoms with E-state index in [0.717, 1.165) is 11.1 Å². The van der Waals surface area contributed by atoms with Crippen LogP contribution in [0.25, 0.3) is 0 Å². The number of methoxy groups -OCH3 is 2. The van der Waals surface area contributed by atoms with Crippen molar-refractivity contribution in [3.05, 3.63) is 83.2 Å². The number of nitrogens with zero attached hydrogens (tertiary/aromatic N) is 1. The average molecular weight is 450 g/mol. The highest BCUT2D eigenvalue weighted by molar-refractivity contribution is 6.04. The number of anilines is 1. The van der Waals surface area contributed by atoms with E-state index in [1.54, 1.807) is 55.5 Å². The molecule has 4 rings (SSSR count). The summed E-state index contributed by atoms with van der Waals surface area (Å²) in [7, 11) is 3.13. The Hall–Kier alpha value is -4.07. The van der Waals surface area contributed by atoms with Crippen LogP contribution in [0.1, 0.15) is 21.5 Å². The third-order valence-corrected chi connectivity index (χ3v) is 5.36. The molecule has 0 unspecified atom stereocenters. The number of fused-ring (bicyclic) bond motifs is 1. The van der Waals surface area contributed by atoms with E-state index in [0.29, 0.717) is 29.5 Å². The van der Waals surface area contributed by atoms with Crippen LogP contribution in [-0.4, -0.2) is 37.5 Å². The van der Waals surface area contributed by atoms with Crippen molar-refractivity contribution in [2.24, 2.45) is 0 Å². The average Bonchev–Trinajstić information content (AvgIpc) is 2.98. The molecule has 7 nitrogen and oxygen atoms in total. The van der Waals surface area contributed by atoms with E-state index in [2.05, 4.69) is 5.32 Å². The van der Waals surface area contributed by atoms with Crippen molar-refractivity contribution in [3.8, 4) is 17.2 Å². The van der Waals surface area contributed by atoms with Gasteiger partial charge in [0.05, 0.1) is 19.8 Å². The molecule has 0 spiro atoms. The third kappa shape index (κ3) is 4.90. The minimum absolute atomic E-state index is 0.0490. The van der Waals surface area contributed by atoms with Gasteiger partial charge >= 0.3 is 0 Å². The second-order valence-corrected chi connectivity index (χ2v) is 7.47. The highest BCUT2D eigenvalue weighted by Crippen LogP contribution is 2.30. The van der Waals surface area contributed by atoms with Gasteiger partial charge in [-0.1, -0.05) is 12.1 Å². The number of ether oxygens (including phenoxy) is 3. The van der Waals surface area contributed by atoms with Gasteiger partial charge < -0.3 is 24.4 Å². The van der Waals surface area contributed by atoms with Crippen molar-refractivity contribution in [2.45, 2.75) is 13.1 Å². The predicted octanol–water partition coefficient (Wildman–Crippen LogP) is 4.02. The van der Waals surface area contributed by atoms with Gasteiger partial charge in [-0.2, -0.15) is 0 Å². The molecular formula is C25H23FN2O5. The molecule has 1 N–H and O–H groups in total. The molecule has 0 bridgehead atoms. The van der Waals surface area contributed by atoms with E-state index in [1.165, 1.54) is 18.2 Å². The molecule has 170 valence electrons. The van der Waals surface area contributed by atoms with Crippen LogP contribution in [0.15, 0.2) is 60.7 Å². The summed E-state index contributed by atoms with van der Waals surface area (Å²) in [5.41, 5.74) is 1.97. The first-order valence-electron chi connectivity index (χ1n) is 10.3. The van der Waals surface area contributed by atoms with Crippen molar-refractivity contribution < 1.29 is 28.2 Å². The quantitative estimate of drug-likeness (QED) is 0.614.